The van der Waals surface area contributed by atoms with Gasteiger partial charge in [0, 0.05) is 13.0 Å². The molecule has 0 rings (SSSR count). The summed E-state index contributed by atoms with van der Waals surface area (Å²) >= 11 is 0. The Morgan fingerprint density at radius 2 is 1.02 bits per heavy atom. The molecule has 2 atom stereocenters. The van der Waals surface area contributed by atoms with Gasteiger partial charge in [0.15, 0.2) is 0 Å². The number of allylic oxidation sites excluding steroid dienone is 2. The third-order valence-electron chi connectivity index (χ3n) is 9.32. The number of unbranched alkanes of at least 4 members (excludes halogenated alkanes) is 24. The Morgan fingerprint density at radius 1 is 0.588 bits per heavy atom. The van der Waals surface area contributed by atoms with Gasteiger partial charge >= 0.3 is 5.97 Å². The Hall–Kier alpha value is -0.760. The fourth-order valence-corrected chi connectivity index (χ4v) is 6.68. The second-order valence-electron chi connectivity index (χ2n) is 15.7. The minimum Gasteiger partial charge on any atom is -0.756 e. The van der Waals surface area contributed by atoms with Crippen molar-refractivity contribution in [3.05, 3.63) is 12.2 Å². The normalized spacial score (nSPS) is 13.9. The maximum absolute atomic E-state index is 12.6. The summed E-state index contributed by atoms with van der Waals surface area (Å²) < 4.78 is 34.5. The first-order valence-electron chi connectivity index (χ1n) is 21.4. The van der Waals surface area contributed by atoms with E-state index in [1.165, 1.54) is 141 Å². The molecule has 0 aliphatic carbocycles. The minimum atomic E-state index is -4.51. The third kappa shape index (κ3) is 40.3. The highest BCUT2D eigenvalue weighted by Crippen LogP contribution is 2.38. The van der Waals surface area contributed by atoms with Crippen LogP contribution in [0, 0.1) is 0 Å². The Labute approximate surface area is 316 Å². The Kier molecular flexibility index (Phi) is 35.7. The number of hydrogen-bond acceptors (Lipinski definition) is 7. The molecule has 0 aromatic heterocycles. The number of quaternary nitrogens is 1. The van der Waals surface area contributed by atoms with E-state index in [-0.39, 0.29) is 25.8 Å². The van der Waals surface area contributed by atoms with Crippen LogP contribution in [0.1, 0.15) is 194 Å². The molecular formula is C42H84NO7P. The molecule has 304 valence electrons. The molecular weight excluding hydrogens is 661 g/mol. The van der Waals surface area contributed by atoms with Crippen LogP contribution in [-0.4, -0.2) is 70.7 Å². The standard InChI is InChI=1S/C42H84NO7P/c1-6-8-10-12-14-16-17-18-19-20-21-22-23-24-25-26-28-30-32-34-37-47-39-41(40-49-51(45,46)48-38-36-43(3,4)5)50-42(44)35-33-31-29-27-15-13-11-9-7-2/h18-19,41H,6-17,20-40H2,1-5H3/b19-18-. The van der Waals surface area contributed by atoms with Crippen LogP contribution < -0.4 is 4.89 Å². The number of phosphoric ester groups is 1. The molecule has 0 aromatic carbocycles. The van der Waals surface area contributed by atoms with Gasteiger partial charge in [0.2, 0.25) is 0 Å². The topological polar surface area (TPSA) is 94.1 Å². The number of ether oxygens (including phenoxy) is 2. The van der Waals surface area contributed by atoms with E-state index in [0.29, 0.717) is 24.1 Å². The van der Waals surface area contributed by atoms with Gasteiger partial charge in [-0.25, -0.2) is 0 Å². The summed E-state index contributed by atoms with van der Waals surface area (Å²) in [7, 11) is 1.36. The number of phosphoric acid groups is 1. The van der Waals surface area contributed by atoms with Crippen LogP contribution in [0.5, 0.6) is 0 Å². The Bertz CT molecular complexity index is 833. The molecule has 0 aliphatic heterocycles. The molecule has 0 spiro atoms. The molecule has 0 fully saturated rings. The molecule has 8 nitrogen and oxygen atoms in total. The molecule has 0 saturated carbocycles. The van der Waals surface area contributed by atoms with E-state index < -0.39 is 13.9 Å². The van der Waals surface area contributed by atoms with Crippen molar-refractivity contribution in [3.8, 4) is 0 Å². The van der Waals surface area contributed by atoms with Crippen LogP contribution in [0.15, 0.2) is 12.2 Å². The Morgan fingerprint density at radius 3 is 1.49 bits per heavy atom. The predicted molar refractivity (Wildman–Crippen MR) is 213 cm³/mol. The van der Waals surface area contributed by atoms with Gasteiger partial charge in [-0.3, -0.25) is 9.36 Å². The van der Waals surface area contributed by atoms with Crippen LogP contribution >= 0.6 is 7.82 Å². The van der Waals surface area contributed by atoms with E-state index in [4.69, 9.17) is 18.5 Å². The van der Waals surface area contributed by atoms with Gasteiger partial charge in [-0.1, -0.05) is 161 Å². The molecule has 0 aromatic rings. The van der Waals surface area contributed by atoms with Crippen molar-refractivity contribution in [2.75, 3.05) is 54.1 Å². The smallest absolute Gasteiger partial charge is 0.306 e. The number of carbonyl (C=O) groups excluding carboxylic acids is 1. The summed E-state index contributed by atoms with van der Waals surface area (Å²) in [4.78, 5) is 24.9. The van der Waals surface area contributed by atoms with E-state index in [0.717, 1.165) is 32.1 Å². The Balaban J connectivity index is 4.11. The average molecular weight is 746 g/mol. The van der Waals surface area contributed by atoms with E-state index in [2.05, 4.69) is 26.0 Å². The molecule has 0 amide bonds. The lowest BCUT2D eigenvalue weighted by Gasteiger charge is -2.28. The molecule has 9 heteroatoms. The number of carbonyl (C=O) groups is 1. The zero-order valence-corrected chi connectivity index (χ0v) is 35.2. The van der Waals surface area contributed by atoms with Gasteiger partial charge in [-0.15, -0.1) is 0 Å². The predicted octanol–water partition coefficient (Wildman–Crippen LogP) is 11.6. The highest BCUT2D eigenvalue weighted by Gasteiger charge is 2.20. The lowest BCUT2D eigenvalue weighted by molar-refractivity contribution is -0.870. The average Bonchev–Trinajstić information content (AvgIpc) is 3.08. The summed E-state index contributed by atoms with van der Waals surface area (Å²) in [6.45, 7) is 5.41. The van der Waals surface area contributed by atoms with Gasteiger partial charge in [-0.05, 0) is 38.5 Å². The highest BCUT2D eigenvalue weighted by atomic mass is 31.2. The van der Waals surface area contributed by atoms with Crippen LogP contribution in [0.4, 0.5) is 0 Å². The first kappa shape index (κ1) is 50.2. The van der Waals surface area contributed by atoms with Crippen LogP contribution in [0.25, 0.3) is 0 Å². The maximum Gasteiger partial charge on any atom is 0.306 e. The number of hydrogen-bond donors (Lipinski definition) is 0. The van der Waals surface area contributed by atoms with Crippen molar-refractivity contribution >= 4 is 13.8 Å². The summed E-state index contributed by atoms with van der Waals surface area (Å²) in [6.07, 6.45) is 38.0. The second-order valence-corrected chi connectivity index (χ2v) is 17.1. The molecule has 0 bridgehead atoms. The molecule has 0 N–H and O–H groups in total. The van der Waals surface area contributed by atoms with E-state index in [9.17, 15) is 14.3 Å². The minimum absolute atomic E-state index is 0.0289. The van der Waals surface area contributed by atoms with Crippen molar-refractivity contribution < 1.29 is 37.3 Å². The molecule has 0 saturated heterocycles. The van der Waals surface area contributed by atoms with Crippen molar-refractivity contribution in [3.63, 3.8) is 0 Å². The molecule has 0 aliphatic rings. The summed E-state index contributed by atoms with van der Waals surface area (Å²) in [5, 5.41) is 0. The number of esters is 1. The van der Waals surface area contributed by atoms with Crippen molar-refractivity contribution in [2.45, 2.75) is 200 Å². The first-order valence-corrected chi connectivity index (χ1v) is 22.9. The van der Waals surface area contributed by atoms with Gasteiger partial charge in [0.05, 0.1) is 34.4 Å². The quantitative estimate of drug-likeness (QED) is 0.0203. The number of nitrogens with zero attached hydrogens (tertiary/aromatic N) is 1. The monoisotopic (exact) mass is 746 g/mol. The van der Waals surface area contributed by atoms with Crippen LogP contribution in [-0.2, 0) is 27.9 Å². The second kappa shape index (κ2) is 36.2. The summed E-state index contributed by atoms with van der Waals surface area (Å²) in [5.74, 6) is -0.336. The lowest BCUT2D eigenvalue weighted by Crippen LogP contribution is -2.37. The van der Waals surface area contributed by atoms with Gasteiger partial charge in [-0.2, -0.15) is 0 Å². The SMILES string of the molecule is CCCCCCCC/C=C\CCCCCCCCCCCCOCC(COP(=O)([O-])OCC[N+](C)(C)C)OC(=O)CCCCCCCCCCC. The maximum atomic E-state index is 12.6. The third-order valence-corrected chi connectivity index (χ3v) is 10.3. The molecule has 0 heterocycles. The zero-order valence-electron chi connectivity index (χ0n) is 34.3. The molecule has 0 radical (unpaired) electrons. The molecule has 51 heavy (non-hydrogen) atoms. The summed E-state index contributed by atoms with van der Waals surface area (Å²) in [6, 6.07) is 0. The summed E-state index contributed by atoms with van der Waals surface area (Å²) in [5.41, 5.74) is 0. The van der Waals surface area contributed by atoms with Gasteiger partial charge < -0.3 is 27.9 Å². The first-order chi connectivity index (χ1) is 24.6. The van der Waals surface area contributed by atoms with E-state index >= 15 is 0 Å². The van der Waals surface area contributed by atoms with E-state index in [1.54, 1.807) is 0 Å². The van der Waals surface area contributed by atoms with Crippen molar-refractivity contribution in [1.29, 1.82) is 0 Å². The largest absolute Gasteiger partial charge is 0.756 e. The highest BCUT2D eigenvalue weighted by molar-refractivity contribution is 7.45. The van der Waals surface area contributed by atoms with E-state index in [1.807, 2.05) is 21.1 Å². The van der Waals surface area contributed by atoms with Crippen molar-refractivity contribution in [1.82, 2.24) is 0 Å². The number of rotatable bonds is 40. The zero-order chi connectivity index (χ0) is 37.7. The number of likely N-dealkylation sites (N-methyl/N-ethyl adjacent to an activating group) is 1. The fourth-order valence-electron chi connectivity index (χ4n) is 5.95. The van der Waals surface area contributed by atoms with Gasteiger partial charge in [0.25, 0.3) is 7.82 Å². The van der Waals surface area contributed by atoms with Crippen LogP contribution in [0.3, 0.4) is 0 Å². The lowest BCUT2D eigenvalue weighted by atomic mass is 10.1. The fraction of sp³-hybridized carbons (Fsp3) is 0.929. The van der Waals surface area contributed by atoms with Gasteiger partial charge in [0.1, 0.15) is 19.3 Å². The van der Waals surface area contributed by atoms with Crippen LogP contribution in [0.2, 0.25) is 0 Å². The molecule has 2 unspecified atom stereocenters. The van der Waals surface area contributed by atoms with Crippen molar-refractivity contribution in [2.24, 2.45) is 0 Å².